The molecule has 0 spiro atoms. The van der Waals surface area contributed by atoms with E-state index in [1.807, 2.05) is 18.2 Å². The Labute approximate surface area is 123 Å². The van der Waals surface area contributed by atoms with E-state index >= 15 is 0 Å². The fourth-order valence-electron chi connectivity index (χ4n) is 2.65. The SMILES string of the molecule is C[C@@H]1CCOc2cc(N(C)c3cc(F)cc(F)c3)ccc21. The van der Waals surface area contributed by atoms with Gasteiger partial charge in [0.05, 0.1) is 6.61 Å². The Morgan fingerprint density at radius 2 is 1.76 bits per heavy atom. The molecule has 0 aliphatic carbocycles. The van der Waals surface area contributed by atoms with Crippen LogP contribution in [-0.4, -0.2) is 13.7 Å². The molecule has 0 fully saturated rings. The van der Waals surface area contributed by atoms with Crippen molar-refractivity contribution in [3.05, 3.63) is 53.6 Å². The van der Waals surface area contributed by atoms with Crippen LogP contribution in [0.3, 0.4) is 0 Å². The molecular formula is C17H17F2NO. The average molecular weight is 289 g/mol. The zero-order valence-electron chi connectivity index (χ0n) is 12.1. The van der Waals surface area contributed by atoms with E-state index in [-0.39, 0.29) is 0 Å². The van der Waals surface area contributed by atoms with E-state index in [1.54, 1.807) is 11.9 Å². The van der Waals surface area contributed by atoms with E-state index in [0.717, 1.165) is 23.9 Å². The van der Waals surface area contributed by atoms with Crippen LogP contribution in [0, 0.1) is 11.6 Å². The summed E-state index contributed by atoms with van der Waals surface area (Å²) in [5, 5.41) is 0. The average Bonchev–Trinajstić information content (AvgIpc) is 2.45. The second kappa shape index (κ2) is 5.35. The molecule has 0 saturated carbocycles. The molecule has 3 rings (SSSR count). The number of rotatable bonds is 2. The Bertz CT molecular complexity index is 652. The molecule has 110 valence electrons. The van der Waals surface area contributed by atoms with E-state index < -0.39 is 11.6 Å². The first-order valence-corrected chi connectivity index (χ1v) is 7.01. The molecule has 2 aromatic rings. The Kier molecular flexibility index (Phi) is 3.53. The molecule has 0 aromatic heterocycles. The van der Waals surface area contributed by atoms with Crippen LogP contribution >= 0.6 is 0 Å². The minimum absolute atomic E-state index is 0.469. The molecule has 0 amide bonds. The predicted octanol–water partition coefficient (Wildman–Crippen LogP) is 4.62. The number of hydrogen-bond donors (Lipinski definition) is 0. The molecule has 21 heavy (non-hydrogen) atoms. The van der Waals surface area contributed by atoms with Gasteiger partial charge >= 0.3 is 0 Å². The van der Waals surface area contributed by atoms with Crippen molar-refractivity contribution in [2.24, 2.45) is 0 Å². The maximum atomic E-state index is 13.3. The number of hydrogen-bond acceptors (Lipinski definition) is 2. The van der Waals surface area contributed by atoms with E-state index in [2.05, 4.69) is 6.92 Å². The van der Waals surface area contributed by atoms with Crippen LogP contribution in [0.25, 0.3) is 0 Å². The minimum atomic E-state index is -0.584. The van der Waals surface area contributed by atoms with Crippen molar-refractivity contribution in [1.29, 1.82) is 0 Å². The normalized spacial score (nSPS) is 17.0. The molecule has 0 unspecified atom stereocenters. The van der Waals surface area contributed by atoms with Gasteiger partial charge in [-0.2, -0.15) is 0 Å². The van der Waals surface area contributed by atoms with Crippen molar-refractivity contribution in [2.75, 3.05) is 18.6 Å². The Hall–Kier alpha value is -2.10. The molecule has 2 nitrogen and oxygen atoms in total. The number of anilines is 2. The first kappa shape index (κ1) is 13.9. The van der Waals surface area contributed by atoms with Gasteiger partial charge in [-0.1, -0.05) is 13.0 Å². The Morgan fingerprint density at radius 1 is 1.05 bits per heavy atom. The van der Waals surface area contributed by atoms with Crippen molar-refractivity contribution in [3.8, 4) is 5.75 Å². The number of nitrogens with zero attached hydrogens (tertiary/aromatic N) is 1. The van der Waals surface area contributed by atoms with Gasteiger partial charge in [-0.05, 0) is 36.1 Å². The summed E-state index contributed by atoms with van der Waals surface area (Å²) in [6, 6.07) is 9.40. The van der Waals surface area contributed by atoms with Crippen molar-refractivity contribution in [1.82, 2.24) is 0 Å². The third kappa shape index (κ3) is 2.71. The predicted molar refractivity (Wildman–Crippen MR) is 79.4 cm³/mol. The first-order chi connectivity index (χ1) is 10.0. The molecule has 1 heterocycles. The summed E-state index contributed by atoms with van der Waals surface area (Å²) in [6.07, 6.45) is 1.01. The maximum Gasteiger partial charge on any atom is 0.128 e. The summed E-state index contributed by atoms with van der Waals surface area (Å²) in [4.78, 5) is 1.75. The highest BCUT2D eigenvalue weighted by Gasteiger charge is 2.19. The first-order valence-electron chi connectivity index (χ1n) is 7.01. The summed E-state index contributed by atoms with van der Waals surface area (Å²) >= 11 is 0. The van der Waals surface area contributed by atoms with Crippen LogP contribution in [0.5, 0.6) is 5.75 Å². The van der Waals surface area contributed by atoms with E-state index in [1.165, 1.54) is 17.7 Å². The quantitative estimate of drug-likeness (QED) is 0.800. The second-order valence-corrected chi connectivity index (χ2v) is 5.45. The van der Waals surface area contributed by atoms with Gasteiger partial charge in [-0.25, -0.2) is 8.78 Å². The highest BCUT2D eigenvalue weighted by Crippen LogP contribution is 2.37. The summed E-state index contributed by atoms with van der Waals surface area (Å²) in [6.45, 7) is 2.88. The van der Waals surface area contributed by atoms with Gasteiger partial charge in [0.15, 0.2) is 0 Å². The van der Waals surface area contributed by atoms with Gasteiger partial charge in [0.25, 0.3) is 0 Å². The molecule has 1 aliphatic heterocycles. The fraction of sp³-hybridized carbons (Fsp3) is 0.294. The van der Waals surface area contributed by atoms with Crippen molar-refractivity contribution in [2.45, 2.75) is 19.3 Å². The van der Waals surface area contributed by atoms with Gasteiger partial charge < -0.3 is 9.64 Å². The minimum Gasteiger partial charge on any atom is -0.493 e. The highest BCUT2D eigenvalue weighted by molar-refractivity contribution is 5.65. The maximum absolute atomic E-state index is 13.3. The summed E-state index contributed by atoms with van der Waals surface area (Å²) in [5.74, 6) is 0.161. The van der Waals surface area contributed by atoms with Gasteiger partial charge in [-0.3, -0.25) is 0 Å². The van der Waals surface area contributed by atoms with Crippen LogP contribution in [-0.2, 0) is 0 Å². The lowest BCUT2D eigenvalue weighted by molar-refractivity contribution is 0.272. The Balaban J connectivity index is 1.96. The van der Waals surface area contributed by atoms with Gasteiger partial charge in [-0.15, -0.1) is 0 Å². The lowest BCUT2D eigenvalue weighted by Crippen LogP contribution is -2.14. The van der Waals surface area contributed by atoms with Crippen LogP contribution < -0.4 is 9.64 Å². The van der Waals surface area contributed by atoms with Crippen LogP contribution in [0.4, 0.5) is 20.2 Å². The molecule has 4 heteroatoms. The van der Waals surface area contributed by atoms with Crippen LogP contribution in [0.1, 0.15) is 24.8 Å². The third-order valence-corrected chi connectivity index (χ3v) is 3.96. The van der Waals surface area contributed by atoms with Crippen LogP contribution in [0.2, 0.25) is 0 Å². The van der Waals surface area contributed by atoms with Gasteiger partial charge in [0, 0.05) is 30.6 Å². The Morgan fingerprint density at radius 3 is 2.48 bits per heavy atom. The smallest absolute Gasteiger partial charge is 0.128 e. The molecule has 0 saturated heterocycles. The fourth-order valence-corrected chi connectivity index (χ4v) is 2.65. The zero-order valence-corrected chi connectivity index (χ0v) is 12.1. The topological polar surface area (TPSA) is 12.5 Å². The van der Waals surface area contributed by atoms with Crippen LogP contribution in [0.15, 0.2) is 36.4 Å². The molecule has 0 N–H and O–H groups in total. The molecule has 0 bridgehead atoms. The standard InChI is InChI=1S/C17H17F2NO/c1-11-5-6-21-17-10-14(3-4-16(11)17)20(2)15-8-12(18)7-13(19)9-15/h3-4,7-11H,5-6H2,1-2H3/t11-/m1/s1. The highest BCUT2D eigenvalue weighted by atomic mass is 19.1. The summed E-state index contributed by atoms with van der Waals surface area (Å²) in [5.41, 5.74) is 2.49. The molecular weight excluding hydrogens is 272 g/mol. The second-order valence-electron chi connectivity index (χ2n) is 5.45. The van der Waals surface area contributed by atoms with Crippen molar-refractivity contribution < 1.29 is 13.5 Å². The zero-order chi connectivity index (χ0) is 15.0. The number of halogens is 2. The molecule has 1 aliphatic rings. The summed E-state index contributed by atoms with van der Waals surface area (Å²) in [7, 11) is 1.78. The van der Waals surface area contributed by atoms with E-state index in [4.69, 9.17) is 4.74 Å². The third-order valence-electron chi connectivity index (χ3n) is 3.96. The lowest BCUT2D eigenvalue weighted by atomic mass is 9.95. The number of ether oxygens (including phenoxy) is 1. The number of fused-ring (bicyclic) bond motifs is 1. The largest absolute Gasteiger partial charge is 0.493 e. The van der Waals surface area contributed by atoms with Gasteiger partial charge in [0.2, 0.25) is 0 Å². The van der Waals surface area contributed by atoms with E-state index in [0.29, 0.717) is 18.2 Å². The lowest BCUT2D eigenvalue weighted by Gasteiger charge is -2.26. The van der Waals surface area contributed by atoms with Crippen molar-refractivity contribution >= 4 is 11.4 Å². The molecule has 1 atom stereocenters. The monoisotopic (exact) mass is 289 g/mol. The van der Waals surface area contributed by atoms with Gasteiger partial charge in [0.1, 0.15) is 17.4 Å². The number of benzene rings is 2. The molecule has 2 aromatic carbocycles. The van der Waals surface area contributed by atoms with Crippen molar-refractivity contribution in [3.63, 3.8) is 0 Å². The molecule has 0 radical (unpaired) electrons. The summed E-state index contributed by atoms with van der Waals surface area (Å²) < 4.78 is 32.4. The van der Waals surface area contributed by atoms with E-state index in [9.17, 15) is 8.78 Å².